The van der Waals surface area contributed by atoms with Crippen LogP contribution in [0.4, 0.5) is 0 Å². The lowest BCUT2D eigenvalue weighted by Crippen LogP contribution is -2.21. The minimum absolute atomic E-state index is 0.0537. The molecule has 0 fully saturated rings. The van der Waals surface area contributed by atoms with Gasteiger partial charge in [-0.2, -0.15) is 0 Å². The third-order valence-electron chi connectivity index (χ3n) is 2.42. The van der Waals surface area contributed by atoms with E-state index in [0.717, 1.165) is 31.4 Å². The molecule has 0 aromatic carbocycles. The minimum Gasteiger partial charge on any atom is -0.478 e. The molecule has 0 bridgehead atoms. The molecule has 0 aliphatic rings. The SMILES string of the molecule is CCCCCC(C)(C)COC(=O)/C=C\C(=O)O. The van der Waals surface area contributed by atoms with Crippen molar-refractivity contribution in [2.45, 2.75) is 46.5 Å². The number of ether oxygens (including phenoxy) is 1. The lowest BCUT2D eigenvalue weighted by Gasteiger charge is -2.23. The predicted octanol–water partition coefficient (Wildman–Crippen LogP) is 2.78. The number of hydrogen-bond donors (Lipinski definition) is 1. The highest BCUT2D eigenvalue weighted by Gasteiger charge is 2.19. The zero-order chi connectivity index (χ0) is 13.3. The molecule has 1 N–H and O–H groups in total. The molecular weight excluding hydrogens is 220 g/mol. The van der Waals surface area contributed by atoms with E-state index in [1.54, 1.807) is 0 Å². The quantitative estimate of drug-likeness (QED) is 0.404. The zero-order valence-corrected chi connectivity index (χ0v) is 10.9. The van der Waals surface area contributed by atoms with E-state index >= 15 is 0 Å². The molecule has 0 aliphatic carbocycles. The van der Waals surface area contributed by atoms with Crippen molar-refractivity contribution in [3.63, 3.8) is 0 Å². The number of esters is 1. The molecule has 4 heteroatoms. The van der Waals surface area contributed by atoms with Gasteiger partial charge in [-0.05, 0) is 11.8 Å². The molecule has 0 amide bonds. The molecule has 0 aromatic rings. The van der Waals surface area contributed by atoms with E-state index in [-0.39, 0.29) is 5.41 Å². The van der Waals surface area contributed by atoms with Crippen molar-refractivity contribution in [3.05, 3.63) is 12.2 Å². The third kappa shape index (κ3) is 9.60. The van der Waals surface area contributed by atoms with Gasteiger partial charge in [0.2, 0.25) is 0 Å². The summed E-state index contributed by atoms with van der Waals surface area (Å²) in [6, 6.07) is 0. The van der Waals surface area contributed by atoms with Crippen LogP contribution < -0.4 is 0 Å². The minimum atomic E-state index is -1.15. The average Bonchev–Trinajstić information content (AvgIpc) is 2.24. The van der Waals surface area contributed by atoms with Crippen LogP contribution in [0.15, 0.2) is 12.2 Å². The number of carboxylic acid groups (broad SMARTS) is 1. The summed E-state index contributed by atoms with van der Waals surface area (Å²) in [5.41, 5.74) is -0.0537. The van der Waals surface area contributed by atoms with Crippen molar-refractivity contribution in [3.8, 4) is 0 Å². The molecule has 0 aliphatic heterocycles. The van der Waals surface area contributed by atoms with Crippen molar-refractivity contribution in [1.29, 1.82) is 0 Å². The van der Waals surface area contributed by atoms with E-state index in [9.17, 15) is 9.59 Å². The average molecular weight is 242 g/mol. The van der Waals surface area contributed by atoms with Crippen LogP contribution in [0.5, 0.6) is 0 Å². The Balaban J connectivity index is 3.91. The van der Waals surface area contributed by atoms with Gasteiger partial charge in [0.15, 0.2) is 0 Å². The summed E-state index contributed by atoms with van der Waals surface area (Å²) in [6.45, 7) is 6.54. The highest BCUT2D eigenvalue weighted by Crippen LogP contribution is 2.24. The molecule has 0 aromatic heterocycles. The zero-order valence-electron chi connectivity index (χ0n) is 10.9. The Hall–Kier alpha value is -1.32. The Kier molecular flexibility index (Phi) is 7.26. The number of unbranched alkanes of at least 4 members (excludes halogenated alkanes) is 2. The van der Waals surface area contributed by atoms with Crippen LogP contribution >= 0.6 is 0 Å². The van der Waals surface area contributed by atoms with Gasteiger partial charge >= 0.3 is 11.9 Å². The van der Waals surface area contributed by atoms with Crippen molar-refractivity contribution < 1.29 is 19.4 Å². The maximum atomic E-state index is 11.2. The van der Waals surface area contributed by atoms with E-state index in [1.807, 2.05) is 13.8 Å². The first-order valence-corrected chi connectivity index (χ1v) is 5.95. The van der Waals surface area contributed by atoms with Gasteiger partial charge in [0.05, 0.1) is 6.61 Å². The topological polar surface area (TPSA) is 63.6 Å². The normalized spacial score (nSPS) is 11.7. The highest BCUT2D eigenvalue weighted by atomic mass is 16.5. The van der Waals surface area contributed by atoms with Gasteiger partial charge in [0.25, 0.3) is 0 Å². The van der Waals surface area contributed by atoms with Gasteiger partial charge in [0.1, 0.15) is 0 Å². The fraction of sp³-hybridized carbons (Fsp3) is 0.692. The van der Waals surface area contributed by atoms with E-state index < -0.39 is 11.9 Å². The first-order valence-electron chi connectivity index (χ1n) is 5.95. The predicted molar refractivity (Wildman–Crippen MR) is 65.7 cm³/mol. The van der Waals surface area contributed by atoms with E-state index in [1.165, 1.54) is 6.42 Å². The maximum Gasteiger partial charge on any atom is 0.331 e. The van der Waals surface area contributed by atoms with Crippen LogP contribution in [0.25, 0.3) is 0 Å². The van der Waals surface area contributed by atoms with Crippen molar-refractivity contribution >= 4 is 11.9 Å². The lowest BCUT2D eigenvalue weighted by atomic mass is 9.88. The van der Waals surface area contributed by atoms with Gasteiger partial charge in [-0.15, -0.1) is 0 Å². The number of carbonyl (C=O) groups is 2. The number of hydrogen-bond acceptors (Lipinski definition) is 3. The summed E-state index contributed by atoms with van der Waals surface area (Å²) in [5.74, 6) is -1.75. The van der Waals surface area contributed by atoms with Crippen molar-refractivity contribution in [2.24, 2.45) is 5.41 Å². The standard InChI is InChI=1S/C13H22O4/c1-4-5-6-9-13(2,3)10-17-12(16)8-7-11(14)15/h7-8H,4-6,9-10H2,1-3H3,(H,14,15)/b8-7-. The number of carboxylic acids is 1. The van der Waals surface area contributed by atoms with E-state index in [4.69, 9.17) is 9.84 Å². The van der Waals surface area contributed by atoms with Crippen LogP contribution in [-0.4, -0.2) is 23.7 Å². The molecule has 98 valence electrons. The van der Waals surface area contributed by atoms with Crippen LogP contribution in [-0.2, 0) is 14.3 Å². The molecule has 0 saturated carbocycles. The monoisotopic (exact) mass is 242 g/mol. The highest BCUT2D eigenvalue weighted by molar-refractivity contribution is 5.90. The van der Waals surface area contributed by atoms with E-state index in [0.29, 0.717) is 6.61 Å². The van der Waals surface area contributed by atoms with Crippen LogP contribution in [0, 0.1) is 5.41 Å². The number of aliphatic carboxylic acids is 1. The smallest absolute Gasteiger partial charge is 0.331 e. The number of rotatable bonds is 8. The van der Waals surface area contributed by atoms with Gasteiger partial charge in [-0.3, -0.25) is 0 Å². The third-order valence-corrected chi connectivity index (χ3v) is 2.42. The molecule has 4 nitrogen and oxygen atoms in total. The molecule has 0 radical (unpaired) electrons. The molecule has 0 rings (SSSR count). The molecule has 0 heterocycles. The Morgan fingerprint density at radius 1 is 1.24 bits per heavy atom. The molecule has 0 unspecified atom stereocenters. The Morgan fingerprint density at radius 3 is 2.41 bits per heavy atom. The largest absolute Gasteiger partial charge is 0.478 e. The fourth-order valence-corrected chi connectivity index (χ4v) is 1.38. The van der Waals surface area contributed by atoms with Crippen molar-refractivity contribution in [1.82, 2.24) is 0 Å². The van der Waals surface area contributed by atoms with Crippen LogP contribution in [0.3, 0.4) is 0 Å². The summed E-state index contributed by atoms with van der Waals surface area (Å²) in [4.78, 5) is 21.3. The lowest BCUT2D eigenvalue weighted by molar-refractivity contribution is -0.141. The summed E-state index contributed by atoms with van der Waals surface area (Å²) < 4.78 is 5.00. The van der Waals surface area contributed by atoms with Crippen molar-refractivity contribution in [2.75, 3.05) is 6.61 Å². The molecule has 17 heavy (non-hydrogen) atoms. The Bertz CT molecular complexity index is 279. The summed E-state index contributed by atoms with van der Waals surface area (Å²) in [6.07, 6.45) is 6.17. The van der Waals surface area contributed by atoms with Gasteiger partial charge in [-0.25, -0.2) is 9.59 Å². The fourth-order valence-electron chi connectivity index (χ4n) is 1.38. The number of carbonyl (C=O) groups excluding carboxylic acids is 1. The van der Waals surface area contributed by atoms with Gasteiger partial charge in [-0.1, -0.05) is 40.0 Å². The van der Waals surface area contributed by atoms with E-state index in [2.05, 4.69) is 6.92 Å². The maximum absolute atomic E-state index is 11.2. The van der Waals surface area contributed by atoms with Crippen LogP contribution in [0.1, 0.15) is 46.5 Å². The van der Waals surface area contributed by atoms with Crippen LogP contribution in [0.2, 0.25) is 0 Å². The molecule has 0 spiro atoms. The molecule has 0 atom stereocenters. The second-order valence-corrected chi connectivity index (χ2v) is 4.90. The first kappa shape index (κ1) is 15.7. The Labute approximate surface area is 103 Å². The van der Waals surface area contributed by atoms with Gasteiger partial charge < -0.3 is 9.84 Å². The molecular formula is C13H22O4. The Morgan fingerprint density at radius 2 is 1.88 bits per heavy atom. The summed E-state index contributed by atoms with van der Waals surface area (Å²) in [7, 11) is 0. The summed E-state index contributed by atoms with van der Waals surface area (Å²) in [5, 5.41) is 8.34. The first-order chi connectivity index (χ1) is 7.87. The molecule has 0 saturated heterocycles. The second-order valence-electron chi connectivity index (χ2n) is 4.90. The second kappa shape index (κ2) is 7.87. The summed E-state index contributed by atoms with van der Waals surface area (Å²) >= 11 is 0. The van der Waals surface area contributed by atoms with Gasteiger partial charge in [0, 0.05) is 12.2 Å².